The van der Waals surface area contributed by atoms with Gasteiger partial charge in [-0.3, -0.25) is 4.21 Å². The van der Waals surface area contributed by atoms with Crippen molar-refractivity contribution in [3.05, 3.63) is 70.7 Å². The maximum absolute atomic E-state index is 12.0. The Labute approximate surface area is 154 Å². The van der Waals surface area contributed by atoms with Gasteiger partial charge in [-0.05, 0) is 11.6 Å². The molecule has 0 saturated heterocycles. The topological polar surface area (TPSA) is 78.4 Å². The minimum Gasteiger partial charge on any atom is -0.387 e. The highest BCUT2D eigenvalue weighted by Gasteiger charge is 2.12. The quantitative estimate of drug-likeness (QED) is 0.658. The van der Waals surface area contributed by atoms with Crippen LogP contribution in [0.2, 0.25) is 5.02 Å². The first-order valence-electron chi connectivity index (χ1n) is 7.89. The van der Waals surface area contributed by atoms with Crippen LogP contribution < -0.4 is 10.6 Å². The number of urea groups is 1. The van der Waals surface area contributed by atoms with Crippen LogP contribution in [0.1, 0.15) is 17.2 Å². The van der Waals surface area contributed by atoms with Crippen LogP contribution in [0.25, 0.3) is 0 Å². The smallest absolute Gasteiger partial charge is 0.314 e. The van der Waals surface area contributed by atoms with E-state index in [4.69, 9.17) is 11.6 Å². The number of nitrogens with one attached hydrogen (secondary N) is 2. The van der Waals surface area contributed by atoms with E-state index in [9.17, 15) is 14.1 Å². The number of carbonyl (C=O) groups is 1. The Morgan fingerprint density at radius 3 is 2.48 bits per heavy atom. The van der Waals surface area contributed by atoms with Crippen molar-refractivity contribution in [3.8, 4) is 0 Å². The zero-order chi connectivity index (χ0) is 18.1. The summed E-state index contributed by atoms with van der Waals surface area (Å²) in [5.74, 6) is 0.838. The number of halogens is 1. The predicted molar refractivity (Wildman–Crippen MR) is 101 cm³/mol. The molecule has 25 heavy (non-hydrogen) atoms. The fourth-order valence-corrected chi connectivity index (χ4v) is 3.52. The number of carbonyl (C=O) groups excluding carboxylic acids is 1. The Hall–Kier alpha value is -1.89. The van der Waals surface area contributed by atoms with Gasteiger partial charge in [-0.15, -0.1) is 0 Å². The van der Waals surface area contributed by atoms with Crippen LogP contribution in [0, 0.1) is 0 Å². The van der Waals surface area contributed by atoms with Crippen molar-refractivity contribution >= 4 is 28.4 Å². The normalized spacial score (nSPS) is 13.0. The molecule has 2 amide bonds. The number of aliphatic hydroxyl groups excluding tert-OH is 1. The molecule has 3 N–H and O–H groups in total. The van der Waals surface area contributed by atoms with Gasteiger partial charge < -0.3 is 15.7 Å². The van der Waals surface area contributed by atoms with Gasteiger partial charge in [0.25, 0.3) is 0 Å². The average molecular weight is 381 g/mol. The monoisotopic (exact) mass is 380 g/mol. The van der Waals surface area contributed by atoms with Gasteiger partial charge in [0.15, 0.2) is 0 Å². The van der Waals surface area contributed by atoms with Crippen LogP contribution in [0.4, 0.5) is 4.79 Å². The van der Waals surface area contributed by atoms with Crippen LogP contribution in [-0.2, 0) is 16.6 Å². The van der Waals surface area contributed by atoms with Gasteiger partial charge in [-0.25, -0.2) is 4.79 Å². The minimum atomic E-state index is -1.04. The minimum absolute atomic E-state index is 0.0443. The molecule has 2 rings (SSSR count). The first kappa shape index (κ1) is 19.4. The van der Waals surface area contributed by atoms with E-state index in [2.05, 4.69) is 10.6 Å². The molecule has 0 aromatic heterocycles. The summed E-state index contributed by atoms with van der Waals surface area (Å²) in [5.41, 5.74) is 1.57. The lowest BCUT2D eigenvalue weighted by Gasteiger charge is -2.14. The highest BCUT2D eigenvalue weighted by Crippen LogP contribution is 2.21. The predicted octanol–water partition coefficient (Wildman–Crippen LogP) is 2.62. The van der Waals surface area contributed by atoms with Crippen molar-refractivity contribution in [2.24, 2.45) is 0 Å². The van der Waals surface area contributed by atoms with Crippen LogP contribution in [0.5, 0.6) is 0 Å². The van der Waals surface area contributed by atoms with E-state index in [0.717, 1.165) is 5.56 Å². The molecule has 0 fully saturated rings. The highest BCUT2D eigenvalue weighted by atomic mass is 35.5. The number of hydrogen-bond donors (Lipinski definition) is 3. The number of rotatable bonds is 8. The molecule has 2 unspecified atom stereocenters. The third kappa shape index (κ3) is 6.86. The largest absolute Gasteiger partial charge is 0.387 e. The van der Waals surface area contributed by atoms with E-state index < -0.39 is 22.9 Å². The van der Waals surface area contributed by atoms with Crippen LogP contribution in [0.3, 0.4) is 0 Å². The summed E-state index contributed by atoms with van der Waals surface area (Å²) in [5, 5.41) is 15.7. The summed E-state index contributed by atoms with van der Waals surface area (Å²) in [6.45, 7) is 0.343. The first-order chi connectivity index (χ1) is 12.1. The van der Waals surface area contributed by atoms with Gasteiger partial charge in [-0.1, -0.05) is 60.1 Å². The Balaban J connectivity index is 1.65. The van der Waals surface area contributed by atoms with Crippen LogP contribution >= 0.6 is 11.6 Å². The molecule has 5 nitrogen and oxygen atoms in total. The summed E-state index contributed by atoms with van der Waals surface area (Å²) < 4.78 is 12.0. The van der Waals surface area contributed by atoms with Crippen molar-refractivity contribution in [3.63, 3.8) is 0 Å². The summed E-state index contributed by atoms with van der Waals surface area (Å²) in [7, 11) is -1.04. The summed E-state index contributed by atoms with van der Waals surface area (Å²) in [6.07, 6.45) is -0.883. The zero-order valence-electron chi connectivity index (χ0n) is 13.7. The van der Waals surface area contributed by atoms with Crippen molar-refractivity contribution in [2.75, 3.05) is 18.8 Å². The number of benzene rings is 2. The van der Waals surface area contributed by atoms with Gasteiger partial charge in [0.2, 0.25) is 0 Å². The molecule has 0 aliphatic rings. The SMILES string of the molecule is O=C(NCCS(=O)Cc1ccccc1)NCC(O)c1ccccc1Cl. The molecule has 0 aliphatic carbocycles. The molecule has 2 atom stereocenters. The van der Waals surface area contributed by atoms with E-state index in [1.807, 2.05) is 30.3 Å². The van der Waals surface area contributed by atoms with Gasteiger partial charge in [0.05, 0.1) is 6.10 Å². The molecule has 0 aliphatic heterocycles. The van der Waals surface area contributed by atoms with Crippen LogP contribution in [-0.4, -0.2) is 34.2 Å². The molecule has 0 heterocycles. The first-order valence-corrected chi connectivity index (χ1v) is 9.76. The average Bonchev–Trinajstić information content (AvgIpc) is 2.61. The Bertz CT molecular complexity index is 712. The van der Waals surface area contributed by atoms with Gasteiger partial charge in [0, 0.05) is 46.0 Å². The van der Waals surface area contributed by atoms with Gasteiger partial charge in [-0.2, -0.15) is 0 Å². The summed E-state index contributed by atoms with van der Waals surface area (Å²) in [6, 6.07) is 16.1. The van der Waals surface area contributed by atoms with E-state index >= 15 is 0 Å². The fourth-order valence-electron chi connectivity index (χ4n) is 2.22. The molecule has 2 aromatic carbocycles. The van der Waals surface area contributed by atoms with E-state index in [0.29, 0.717) is 28.6 Å². The molecule has 0 bridgehead atoms. The van der Waals surface area contributed by atoms with E-state index in [1.165, 1.54) is 0 Å². The van der Waals surface area contributed by atoms with E-state index in [1.54, 1.807) is 24.3 Å². The van der Waals surface area contributed by atoms with Gasteiger partial charge >= 0.3 is 6.03 Å². The van der Waals surface area contributed by atoms with E-state index in [-0.39, 0.29) is 6.54 Å². The van der Waals surface area contributed by atoms with Crippen molar-refractivity contribution in [1.29, 1.82) is 0 Å². The molecular weight excluding hydrogens is 360 g/mol. The second-order valence-electron chi connectivity index (χ2n) is 5.45. The molecule has 7 heteroatoms. The number of amides is 2. The second kappa shape index (κ2) is 10.2. The Morgan fingerprint density at radius 1 is 1.08 bits per heavy atom. The molecular formula is C18H21ClN2O3S. The molecule has 0 saturated carbocycles. The Morgan fingerprint density at radius 2 is 1.76 bits per heavy atom. The third-order valence-corrected chi connectivity index (χ3v) is 5.16. The van der Waals surface area contributed by atoms with Gasteiger partial charge in [0.1, 0.15) is 0 Å². The maximum atomic E-state index is 12.0. The lowest BCUT2D eigenvalue weighted by molar-refractivity contribution is 0.173. The lowest BCUT2D eigenvalue weighted by atomic mass is 10.1. The fraction of sp³-hybridized carbons (Fsp3) is 0.278. The van der Waals surface area contributed by atoms with Crippen molar-refractivity contribution in [2.45, 2.75) is 11.9 Å². The highest BCUT2D eigenvalue weighted by molar-refractivity contribution is 7.84. The molecule has 0 spiro atoms. The standard InChI is InChI=1S/C18H21ClN2O3S/c19-16-9-5-4-8-15(16)17(22)12-21-18(23)20-10-11-25(24)13-14-6-2-1-3-7-14/h1-9,17,22H,10-13H2,(H2,20,21,23). The Kier molecular flexibility index (Phi) is 7.91. The van der Waals surface area contributed by atoms with Crippen LogP contribution in [0.15, 0.2) is 54.6 Å². The van der Waals surface area contributed by atoms with Crippen molar-refractivity contribution < 1.29 is 14.1 Å². The molecule has 2 aromatic rings. The molecule has 0 radical (unpaired) electrons. The number of hydrogen-bond acceptors (Lipinski definition) is 3. The summed E-state index contributed by atoms with van der Waals surface area (Å²) >= 11 is 6.00. The second-order valence-corrected chi connectivity index (χ2v) is 7.43. The summed E-state index contributed by atoms with van der Waals surface area (Å²) in [4.78, 5) is 11.7. The molecule has 134 valence electrons. The lowest BCUT2D eigenvalue weighted by Crippen LogP contribution is -2.39. The van der Waals surface area contributed by atoms with Crippen molar-refractivity contribution in [1.82, 2.24) is 10.6 Å². The number of aliphatic hydroxyl groups is 1. The third-order valence-electron chi connectivity index (χ3n) is 3.51. The zero-order valence-corrected chi connectivity index (χ0v) is 15.2. The maximum Gasteiger partial charge on any atom is 0.314 e.